The third kappa shape index (κ3) is 3.06. The molecule has 0 saturated carbocycles. The van der Waals surface area contributed by atoms with Crippen molar-refractivity contribution in [2.24, 2.45) is 0 Å². The van der Waals surface area contributed by atoms with Gasteiger partial charge in [0.2, 0.25) is 5.88 Å². The average molecular weight is 237 g/mol. The molecule has 2 rings (SSSR count). The van der Waals surface area contributed by atoms with Crippen LogP contribution in [0.15, 0.2) is 0 Å². The zero-order valence-corrected chi connectivity index (χ0v) is 10.4. The van der Waals surface area contributed by atoms with Gasteiger partial charge in [0.15, 0.2) is 0 Å². The molecule has 1 aliphatic heterocycles. The first kappa shape index (κ1) is 12.1. The van der Waals surface area contributed by atoms with Crippen LogP contribution in [0.25, 0.3) is 0 Å². The Balaban J connectivity index is 1.98. The summed E-state index contributed by atoms with van der Waals surface area (Å²) in [6, 6.07) is 0. The number of ether oxygens (including phenoxy) is 2. The fourth-order valence-electron chi connectivity index (χ4n) is 1.87. The van der Waals surface area contributed by atoms with Gasteiger partial charge in [-0.25, -0.2) is 4.98 Å². The minimum atomic E-state index is 0.180. The normalized spacial score (nSPS) is 20.2. The van der Waals surface area contributed by atoms with Crippen molar-refractivity contribution in [3.63, 3.8) is 0 Å². The minimum absolute atomic E-state index is 0.180. The number of anilines is 1. The van der Waals surface area contributed by atoms with Gasteiger partial charge in [-0.3, -0.25) is 0 Å². The third-order valence-electron chi connectivity index (χ3n) is 2.93. The van der Waals surface area contributed by atoms with Gasteiger partial charge in [-0.05, 0) is 33.1 Å². The van der Waals surface area contributed by atoms with Crippen LogP contribution in [-0.4, -0.2) is 29.3 Å². The number of nitrogens with zero attached hydrogens (tertiary/aromatic N) is 2. The molecular weight excluding hydrogens is 218 g/mol. The van der Waals surface area contributed by atoms with Crippen LogP contribution >= 0.6 is 0 Å². The van der Waals surface area contributed by atoms with E-state index in [-0.39, 0.29) is 6.10 Å². The molecule has 0 aromatic carbocycles. The van der Waals surface area contributed by atoms with Crippen LogP contribution in [0.2, 0.25) is 0 Å². The first-order valence-electron chi connectivity index (χ1n) is 6.02. The summed E-state index contributed by atoms with van der Waals surface area (Å²) < 4.78 is 11.3. The summed E-state index contributed by atoms with van der Waals surface area (Å²) >= 11 is 0. The summed E-state index contributed by atoms with van der Waals surface area (Å²) in [4.78, 5) is 8.33. The van der Waals surface area contributed by atoms with Crippen LogP contribution in [0.5, 0.6) is 5.88 Å². The SMILES string of the molecule is Cc1nc(N)c(C)c(OCC2CCCCO2)n1. The summed E-state index contributed by atoms with van der Waals surface area (Å²) in [7, 11) is 0. The highest BCUT2D eigenvalue weighted by atomic mass is 16.5. The van der Waals surface area contributed by atoms with Crippen molar-refractivity contribution >= 4 is 5.82 Å². The number of aromatic nitrogens is 2. The van der Waals surface area contributed by atoms with Crippen LogP contribution in [0.4, 0.5) is 5.82 Å². The highest BCUT2D eigenvalue weighted by molar-refractivity contribution is 5.44. The number of rotatable bonds is 3. The van der Waals surface area contributed by atoms with E-state index in [1.165, 1.54) is 6.42 Å². The number of nitrogens with two attached hydrogens (primary N) is 1. The summed E-state index contributed by atoms with van der Waals surface area (Å²) in [5, 5.41) is 0. The lowest BCUT2D eigenvalue weighted by Gasteiger charge is -2.22. The van der Waals surface area contributed by atoms with Gasteiger partial charge in [0.25, 0.3) is 0 Å². The standard InChI is InChI=1S/C12H19N3O2/c1-8-11(13)14-9(2)15-12(8)17-7-10-5-3-4-6-16-10/h10H,3-7H2,1-2H3,(H2,13,14,15). The predicted octanol–water partition coefficient (Wildman–Crippen LogP) is 1.62. The van der Waals surface area contributed by atoms with Gasteiger partial charge < -0.3 is 15.2 Å². The maximum Gasteiger partial charge on any atom is 0.221 e. The Labute approximate surface area is 101 Å². The molecular formula is C12H19N3O2. The van der Waals surface area contributed by atoms with Crippen molar-refractivity contribution < 1.29 is 9.47 Å². The Morgan fingerprint density at radius 1 is 1.35 bits per heavy atom. The summed E-state index contributed by atoms with van der Waals surface area (Å²) in [6.45, 7) is 5.04. The molecule has 1 aromatic rings. The summed E-state index contributed by atoms with van der Waals surface area (Å²) in [5.41, 5.74) is 6.57. The van der Waals surface area contributed by atoms with Gasteiger partial charge in [-0.15, -0.1) is 0 Å². The Hall–Kier alpha value is -1.36. The molecule has 1 saturated heterocycles. The van der Waals surface area contributed by atoms with Crippen LogP contribution in [0.3, 0.4) is 0 Å². The molecule has 0 aliphatic carbocycles. The molecule has 1 unspecified atom stereocenters. The van der Waals surface area contributed by atoms with Gasteiger partial charge in [-0.2, -0.15) is 4.98 Å². The average Bonchev–Trinajstić information content (AvgIpc) is 2.33. The second-order valence-electron chi connectivity index (χ2n) is 4.39. The summed E-state index contributed by atoms with van der Waals surface area (Å²) in [6.07, 6.45) is 3.59. The van der Waals surface area contributed by atoms with E-state index in [0.717, 1.165) is 25.0 Å². The quantitative estimate of drug-likeness (QED) is 0.865. The first-order valence-corrected chi connectivity index (χ1v) is 6.02. The van der Waals surface area contributed by atoms with Crippen molar-refractivity contribution in [2.75, 3.05) is 18.9 Å². The smallest absolute Gasteiger partial charge is 0.221 e. The zero-order chi connectivity index (χ0) is 12.3. The Kier molecular flexibility index (Phi) is 3.78. The molecule has 94 valence electrons. The van der Waals surface area contributed by atoms with Crippen molar-refractivity contribution in [3.8, 4) is 5.88 Å². The van der Waals surface area contributed by atoms with Crippen LogP contribution in [0, 0.1) is 13.8 Å². The van der Waals surface area contributed by atoms with E-state index in [2.05, 4.69) is 9.97 Å². The van der Waals surface area contributed by atoms with E-state index in [0.29, 0.717) is 24.1 Å². The third-order valence-corrected chi connectivity index (χ3v) is 2.93. The van der Waals surface area contributed by atoms with E-state index in [4.69, 9.17) is 15.2 Å². The van der Waals surface area contributed by atoms with E-state index >= 15 is 0 Å². The monoisotopic (exact) mass is 237 g/mol. The predicted molar refractivity (Wildman–Crippen MR) is 65.0 cm³/mol. The van der Waals surface area contributed by atoms with E-state index in [9.17, 15) is 0 Å². The largest absolute Gasteiger partial charge is 0.475 e. The molecule has 2 heterocycles. The highest BCUT2D eigenvalue weighted by Gasteiger charge is 2.16. The zero-order valence-electron chi connectivity index (χ0n) is 10.4. The Morgan fingerprint density at radius 2 is 2.18 bits per heavy atom. The molecule has 1 aromatic heterocycles. The Morgan fingerprint density at radius 3 is 2.88 bits per heavy atom. The van der Waals surface area contributed by atoms with Crippen LogP contribution < -0.4 is 10.5 Å². The molecule has 5 heteroatoms. The molecule has 1 fully saturated rings. The van der Waals surface area contributed by atoms with Crippen molar-refractivity contribution in [1.82, 2.24) is 9.97 Å². The molecule has 1 aliphatic rings. The molecule has 5 nitrogen and oxygen atoms in total. The van der Waals surface area contributed by atoms with Crippen LogP contribution in [0.1, 0.15) is 30.7 Å². The van der Waals surface area contributed by atoms with E-state index < -0.39 is 0 Å². The molecule has 0 radical (unpaired) electrons. The number of hydrogen-bond acceptors (Lipinski definition) is 5. The first-order chi connectivity index (χ1) is 8.16. The van der Waals surface area contributed by atoms with Gasteiger partial charge in [0, 0.05) is 6.61 Å². The Bertz CT molecular complexity index is 390. The van der Waals surface area contributed by atoms with Gasteiger partial charge in [-0.1, -0.05) is 0 Å². The molecule has 0 spiro atoms. The van der Waals surface area contributed by atoms with Crippen molar-refractivity contribution in [3.05, 3.63) is 11.4 Å². The van der Waals surface area contributed by atoms with Gasteiger partial charge >= 0.3 is 0 Å². The van der Waals surface area contributed by atoms with Gasteiger partial charge in [0.1, 0.15) is 18.2 Å². The number of aryl methyl sites for hydroxylation is 1. The topological polar surface area (TPSA) is 70.3 Å². The highest BCUT2D eigenvalue weighted by Crippen LogP contribution is 2.21. The minimum Gasteiger partial charge on any atom is -0.475 e. The second kappa shape index (κ2) is 5.31. The fourth-order valence-corrected chi connectivity index (χ4v) is 1.87. The molecule has 17 heavy (non-hydrogen) atoms. The van der Waals surface area contributed by atoms with Gasteiger partial charge in [0.05, 0.1) is 11.7 Å². The fraction of sp³-hybridized carbons (Fsp3) is 0.667. The molecule has 0 amide bonds. The second-order valence-corrected chi connectivity index (χ2v) is 4.39. The number of nitrogen functional groups attached to an aromatic ring is 1. The molecule has 0 bridgehead atoms. The van der Waals surface area contributed by atoms with E-state index in [1.807, 2.05) is 6.92 Å². The maximum atomic E-state index is 5.77. The number of hydrogen-bond donors (Lipinski definition) is 1. The van der Waals surface area contributed by atoms with Crippen molar-refractivity contribution in [1.29, 1.82) is 0 Å². The lowest BCUT2D eigenvalue weighted by molar-refractivity contribution is -0.0121. The molecule has 2 N–H and O–H groups in total. The molecule has 1 atom stereocenters. The lowest BCUT2D eigenvalue weighted by Crippen LogP contribution is -2.26. The lowest BCUT2D eigenvalue weighted by atomic mass is 10.1. The van der Waals surface area contributed by atoms with Crippen molar-refractivity contribution in [2.45, 2.75) is 39.2 Å². The maximum absolute atomic E-state index is 5.77. The van der Waals surface area contributed by atoms with Crippen LogP contribution in [-0.2, 0) is 4.74 Å². The van der Waals surface area contributed by atoms with E-state index in [1.54, 1.807) is 6.92 Å². The summed E-state index contributed by atoms with van der Waals surface area (Å²) in [5.74, 6) is 1.69.